The van der Waals surface area contributed by atoms with Crippen molar-refractivity contribution in [2.75, 3.05) is 13.1 Å². The Morgan fingerprint density at radius 2 is 2.00 bits per heavy atom. The number of aromatic amines is 1. The number of halogens is 1. The SMILES string of the molecule is CC(=O)N1CCC(Oc2ccc(Cl)cc2C(=O)NCc2cccc3[nH]ccc23)CC1. The third kappa shape index (κ3) is 4.44. The Labute approximate surface area is 180 Å². The van der Waals surface area contributed by atoms with Gasteiger partial charge in [0.1, 0.15) is 11.9 Å². The highest BCUT2D eigenvalue weighted by atomic mass is 35.5. The number of fused-ring (bicyclic) bond motifs is 1. The van der Waals surface area contributed by atoms with Crippen LogP contribution in [0.25, 0.3) is 10.9 Å². The summed E-state index contributed by atoms with van der Waals surface area (Å²) in [6.07, 6.45) is 3.32. The van der Waals surface area contributed by atoms with E-state index >= 15 is 0 Å². The maximum absolute atomic E-state index is 12.9. The smallest absolute Gasteiger partial charge is 0.255 e. The second-order valence-electron chi connectivity index (χ2n) is 7.50. The summed E-state index contributed by atoms with van der Waals surface area (Å²) in [6.45, 7) is 3.30. The average Bonchev–Trinajstić information content (AvgIpc) is 3.23. The summed E-state index contributed by atoms with van der Waals surface area (Å²) in [6, 6.07) is 13.0. The highest BCUT2D eigenvalue weighted by molar-refractivity contribution is 6.31. The number of carbonyl (C=O) groups is 2. The predicted octanol–water partition coefficient (Wildman–Crippen LogP) is 4.14. The number of hydrogen-bond donors (Lipinski definition) is 2. The van der Waals surface area contributed by atoms with Crippen molar-refractivity contribution < 1.29 is 14.3 Å². The molecular weight excluding hydrogens is 402 g/mol. The number of H-pyrrole nitrogens is 1. The zero-order valence-electron chi connectivity index (χ0n) is 16.8. The van der Waals surface area contributed by atoms with Crippen LogP contribution in [0.3, 0.4) is 0 Å². The van der Waals surface area contributed by atoms with Crippen LogP contribution in [0.2, 0.25) is 5.02 Å². The third-order valence-corrected chi connectivity index (χ3v) is 5.73. The Kier molecular flexibility index (Phi) is 5.95. The molecule has 2 N–H and O–H groups in total. The highest BCUT2D eigenvalue weighted by Gasteiger charge is 2.24. The minimum absolute atomic E-state index is 0.0399. The van der Waals surface area contributed by atoms with Gasteiger partial charge in [0.15, 0.2) is 0 Å². The number of amides is 2. The van der Waals surface area contributed by atoms with Crippen molar-refractivity contribution in [3.05, 3.63) is 64.8 Å². The molecule has 4 rings (SSSR count). The van der Waals surface area contributed by atoms with Crippen LogP contribution in [-0.4, -0.2) is 40.9 Å². The summed E-state index contributed by atoms with van der Waals surface area (Å²) in [4.78, 5) is 29.4. The molecule has 0 unspecified atom stereocenters. The monoisotopic (exact) mass is 425 g/mol. The van der Waals surface area contributed by atoms with Crippen molar-refractivity contribution in [1.29, 1.82) is 0 Å². The van der Waals surface area contributed by atoms with Gasteiger partial charge in [-0.1, -0.05) is 23.7 Å². The van der Waals surface area contributed by atoms with Gasteiger partial charge in [0.2, 0.25) is 5.91 Å². The van der Waals surface area contributed by atoms with Crippen molar-refractivity contribution in [3.63, 3.8) is 0 Å². The first-order valence-electron chi connectivity index (χ1n) is 10.1. The Balaban J connectivity index is 1.45. The van der Waals surface area contributed by atoms with Gasteiger partial charge in [0.05, 0.1) is 5.56 Å². The zero-order chi connectivity index (χ0) is 21.1. The lowest BCUT2D eigenvalue weighted by Gasteiger charge is -2.31. The van der Waals surface area contributed by atoms with Gasteiger partial charge in [-0.2, -0.15) is 0 Å². The van der Waals surface area contributed by atoms with E-state index in [0.29, 0.717) is 36.0 Å². The minimum Gasteiger partial charge on any atom is -0.489 e. The summed E-state index contributed by atoms with van der Waals surface area (Å²) in [7, 11) is 0. The second-order valence-corrected chi connectivity index (χ2v) is 7.94. The molecule has 0 radical (unpaired) electrons. The predicted molar refractivity (Wildman–Crippen MR) is 117 cm³/mol. The molecule has 1 saturated heterocycles. The molecule has 156 valence electrons. The van der Waals surface area contributed by atoms with Gasteiger partial charge in [-0.25, -0.2) is 0 Å². The molecule has 1 aliphatic heterocycles. The molecule has 2 amide bonds. The van der Waals surface area contributed by atoms with Gasteiger partial charge >= 0.3 is 0 Å². The number of carbonyl (C=O) groups excluding carboxylic acids is 2. The molecular formula is C23H24ClN3O3. The minimum atomic E-state index is -0.235. The van der Waals surface area contributed by atoms with Crippen molar-refractivity contribution in [2.24, 2.45) is 0 Å². The molecule has 3 aromatic rings. The average molecular weight is 426 g/mol. The van der Waals surface area contributed by atoms with Gasteiger partial charge in [0.25, 0.3) is 5.91 Å². The van der Waals surface area contributed by atoms with Crippen LogP contribution in [0.1, 0.15) is 35.7 Å². The summed E-state index contributed by atoms with van der Waals surface area (Å²) in [5.74, 6) is 0.358. The van der Waals surface area contributed by atoms with Crippen LogP contribution in [0.5, 0.6) is 5.75 Å². The lowest BCUT2D eigenvalue weighted by atomic mass is 10.1. The summed E-state index contributed by atoms with van der Waals surface area (Å²) >= 11 is 6.15. The quantitative estimate of drug-likeness (QED) is 0.645. The number of nitrogens with zero attached hydrogens (tertiary/aromatic N) is 1. The molecule has 30 heavy (non-hydrogen) atoms. The maximum Gasteiger partial charge on any atom is 0.255 e. The lowest BCUT2D eigenvalue weighted by Crippen LogP contribution is -2.40. The van der Waals surface area contributed by atoms with E-state index in [9.17, 15) is 9.59 Å². The summed E-state index contributed by atoms with van der Waals surface area (Å²) in [5.41, 5.74) is 2.48. The first-order chi connectivity index (χ1) is 14.5. The molecule has 0 saturated carbocycles. The van der Waals surface area contributed by atoms with E-state index in [1.807, 2.05) is 35.4 Å². The van der Waals surface area contributed by atoms with Gasteiger partial charge in [-0.05, 0) is 35.9 Å². The fourth-order valence-electron chi connectivity index (χ4n) is 3.83. The standard InChI is InChI=1S/C23H24ClN3O3/c1-15(28)27-11-8-18(9-12-27)30-22-6-5-17(24)13-20(22)23(29)26-14-16-3-2-4-21-19(16)7-10-25-21/h2-7,10,13,18,25H,8-9,11-12,14H2,1H3,(H,26,29). The highest BCUT2D eigenvalue weighted by Crippen LogP contribution is 2.27. The number of rotatable bonds is 5. The Hall–Kier alpha value is -2.99. The van der Waals surface area contributed by atoms with Gasteiger partial charge in [-0.3, -0.25) is 9.59 Å². The number of hydrogen-bond acceptors (Lipinski definition) is 3. The number of aromatic nitrogens is 1. The zero-order valence-corrected chi connectivity index (χ0v) is 17.5. The van der Waals surface area contributed by atoms with Crippen LogP contribution in [0.4, 0.5) is 0 Å². The van der Waals surface area contributed by atoms with Gasteiger partial charge in [0, 0.05) is 61.5 Å². The van der Waals surface area contributed by atoms with E-state index in [0.717, 1.165) is 29.3 Å². The van der Waals surface area contributed by atoms with E-state index in [1.54, 1.807) is 25.1 Å². The molecule has 7 heteroatoms. The van der Waals surface area contributed by atoms with Crippen LogP contribution in [-0.2, 0) is 11.3 Å². The van der Waals surface area contributed by atoms with E-state index < -0.39 is 0 Å². The molecule has 0 atom stereocenters. The van der Waals surface area contributed by atoms with Crippen LogP contribution in [0, 0.1) is 0 Å². The first kappa shape index (κ1) is 20.3. The van der Waals surface area contributed by atoms with E-state index in [2.05, 4.69) is 10.3 Å². The Morgan fingerprint density at radius 3 is 2.77 bits per heavy atom. The Morgan fingerprint density at radius 1 is 1.20 bits per heavy atom. The molecule has 0 bridgehead atoms. The van der Waals surface area contributed by atoms with E-state index in [-0.39, 0.29) is 17.9 Å². The number of benzene rings is 2. The Bertz CT molecular complexity index is 1070. The van der Waals surface area contributed by atoms with Crippen LogP contribution in [0.15, 0.2) is 48.7 Å². The lowest BCUT2D eigenvalue weighted by molar-refractivity contribution is -0.130. The number of nitrogens with one attached hydrogen (secondary N) is 2. The first-order valence-corrected chi connectivity index (χ1v) is 10.4. The molecule has 6 nitrogen and oxygen atoms in total. The third-order valence-electron chi connectivity index (χ3n) is 5.49. The number of piperidine rings is 1. The van der Waals surface area contributed by atoms with E-state index in [1.165, 1.54) is 0 Å². The fraction of sp³-hybridized carbons (Fsp3) is 0.304. The molecule has 1 aromatic heterocycles. The summed E-state index contributed by atoms with van der Waals surface area (Å²) in [5, 5.41) is 4.54. The fourth-order valence-corrected chi connectivity index (χ4v) is 4.00. The van der Waals surface area contributed by atoms with Crippen molar-refractivity contribution in [3.8, 4) is 5.75 Å². The molecule has 1 fully saturated rings. The van der Waals surface area contributed by atoms with Crippen molar-refractivity contribution in [2.45, 2.75) is 32.4 Å². The number of likely N-dealkylation sites (tertiary alicyclic amines) is 1. The summed E-state index contributed by atoms with van der Waals surface area (Å²) < 4.78 is 6.14. The van der Waals surface area contributed by atoms with Crippen molar-refractivity contribution >= 4 is 34.3 Å². The van der Waals surface area contributed by atoms with Gasteiger partial charge < -0.3 is 19.9 Å². The molecule has 0 aliphatic carbocycles. The molecule has 0 spiro atoms. The van der Waals surface area contributed by atoms with Gasteiger partial charge in [-0.15, -0.1) is 0 Å². The molecule has 2 aromatic carbocycles. The second kappa shape index (κ2) is 8.79. The van der Waals surface area contributed by atoms with E-state index in [4.69, 9.17) is 16.3 Å². The largest absolute Gasteiger partial charge is 0.489 e. The normalized spacial score (nSPS) is 14.7. The van der Waals surface area contributed by atoms with Crippen molar-refractivity contribution in [1.82, 2.24) is 15.2 Å². The number of ether oxygens (including phenoxy) is 1. The topological polar surface area (TPSA) is 74.4 Å². The maximum atomic E-state index is 12.9. The van der Waals surface area contributed by atoms with Crippen LogP contribution >= 0.6 is 11.6 Å². The van der Waals surface area contributed by atoms with Crippen LogP contribution < -0.4 is 10.1 Å². The molecule has 1 aliphatic rings. The molecule has 2 heterocycles.